The zero-order valence-electron chi connectivity index (χ0n) is 11.8. The third-order valence-electron chi connectivity index (χ3n) is 3.36. The van der Waals surface area contributed by atoms with Crippen LogP contribution in [0, 0.1) is 11.6 Å². The Hall–Kier alpha value is -1.46. The van der Waals surface area contributed by atoms with Gasteiger partial charge in [-0.05, 0) is 54.9 Å². The number of nitrogens with one attached hydrogen (secondary N) is 1. The molecule has 1 unspecified atom stereocenters. The minimum Gasteiger partial charge on any atom is -0.494 e. The normalized spacial score (nSPS) is 12.2. The molecule has 2 aromatic carbocycles. The lowest BCUT2D eigenvalue weighted by Crippen LogP contribution is -2.19. The van der Waals surface area contributed by atoms with E-state index in [-0.39, 0.29) is 17.6 Å². The molecule has 2 rings (SSSR count). The van der Waals surface area contributed by atoms with Gasteiger partial charge in [0.25, 0.3) is 0 Å². The van der Waals surface area contributed by atoms with Crippen molar-refractivity contribution in [2.24, 2.45) is 0 Å². The summed E-state index contributed by atoms with van der Waals surface area (Å²) < 4.78 is 33.4. The maximum absolute atomic E-state index is 13.8. The van der Waals surface area contributed by atoms with Gasteiger partial charge in [0.15, 0.2) is 11.6 Å². The Balaban J connectivity index is 2.27. The second kappa shape index (κ2) is 7.00. The van der Waals surface area contributed by atoms with Crippen molar-refractivity contribution >= 4 is 15.9 Å². The van der Waals surface area contributed by atoms with E-state index in [0.29, 0.717) is 12.0 Å². The zero-order chi connectivity index (χ0) is 15.4. The highest BCUT2D eigenvalue weighted by Crippen LogP contribution is 2.26. The third kappa shape index (κ3) is 3.80. The Bertz CT molecular complexity index is 634. The Labute approximate surface area is 131 Å². The van der Waals surface area contributed by atoms with Crippen LogP contribution in [-0.4, -0.2) is 14.2 Å². The molecule has 0 bridgehead atoms. The van der Waals surface area contributed by atoms with E-state index >= 15 is 0 Å². The highest BCUT2D eigenvalue weighted by atomic mass is 79.9. The molecule has 0 aliphatic rings. The monoisotopic (exact) mass is 355 g/mol. The molecule has 1 N–H and O–H groups in total. The Morgan fingerprint density at radius 1 is 1.14 bits per heavy atom. The summed E-state index contributed by atoms with van der Waals surface area (Å²) in [6, 6.07) is 9.39. The fourth-order valence-electron chi connectivity index (χ4n) is 2.21. The van der Waals surface area contributed by atoms with Crippen LogP contribution in [0.2, 0.25) is 0 Å². The molecule has 1 atom stereocenters. The summed E-state index contributed by atoms with van der Waals surface area (Å²) in [5.41, 5.74) is 1.31. The van der Waals surface area contributed by atoms with E-state index in [4.69, 9.17) is 4.74 Å². The van der Waals surface area contributed by atoms with Crippen molar-refractivity contribution in [3.8, 4) is 5.75 Å². The molecular weight excluding hydrogens is 340 g/mol. The van der Waals surface area contributed by atoms with E-state index in [1.54, 1.807) is 31.3 Å². The molecule has 0 spiro atoms. The van der Waals surface area contributed by atoms with Gasteiger partial charge in [-0.25, -0.2) is 8.78 Å². The Kier molecular flexibility index (Phi) is 5.31. The van der Waals surface area contributed by atoms with Gasteiger partial charge >= 0.3 is 0 Å². The predicted molar refractivity (Wildman–Crippen MR) is 82.6 cm³/mol. The minimum absolute atomic E-state index is 0.186. The summed E-state index contributed by atoms with van der Waals surface area (Å²) in [5, 5.41) is 3.09. The molecule has 5 heteroatoms. The number of hydrogen-bond donors (Lipinski definition) is 1. The lowest BCUT2D eigenvalue weighted by molar-refractivity contribution is 0.385. The van der Waals surface area contributed by atoms with Crippen LogP contribution in [0.5, 0.6) is 5.75 Å². The molecule has 0 aromatic heterocycles. The first-order chi connectivity index (χ1) is 10.0. The van der Waals surface area contributed by atoms with Gasteiger partial charge in [-0.1, -0.05) is 22.0 Å². The van der Waals surface area contributed by atoms with E-state index in [2.05, 4.69) is 21.2 Å². The molecule has 0 aliphatic heterocycles. The number of benzene rings is 2. The highest BCUT2D eigenvalue weighted by Gasteiger charge is 2.15. The fraction of sp³-hybridized carbons (Fsp3) is 0.250. The van der Waals surface area contributed by atoms with Crippen molar-refractivity contribution in [2.75, 3.05) is 14.2 Å². The lowest BCUT2D eigenvalue weighted by Gasteiger charge is -2.18. The topological polar surface area (TPSA) is 21.3 Å². The highest BCUT2D eigenvalue weighted by molar-refractivity contribution is 9.10. The number of ether oxygens (including phenoxy) is 1. The maximum Gasteiger partial charge on any atom is 0.165 e. The van der Waals surface area contributed by atoms with E-state index < -0.39 is 5.82 Å². The summed E-state index contributed by atoms with van der Waals surface area (Å²) in [4.78, 5) is 0. The summed E-state index contributed by atoms with van der Waals surface area (Å²) in [6.07, 6.45) is 0.424. The molecule has 2 nitrogen and oxygen atoms in total. The molecule has 112 valence electrons. The lowest BCUT2D eigenvalue weighted by atomic mass is 9.98. The predicted octanol–water partition coefficient (Wildman–Crippen LogP) is 4.24. The average Bonchev–Trinajstić information content (AvgIpc) is 2.48. The van der Waals surface area contributed by atoms with Crippen LogP contribution in [-0.2, 0) is 6.42 Å². The minimum atomic E-state index is -0.426. The molecule has 0 amide bonds. The summed E-state index contributed by atoms with van der Waals surface area (Å²) >= 11 is 3.33. The molecule has 21 heavy (non-hydrogen) atoms. The average molecular weight is 356 g/mol. The molecule has 2 aromatic rings. The van der Waals surface area contributed by atoms with Gasteiger partial charge < -0.3 is 10.1 Å². The third-order valence-corrected chi connectivity index (χ3v) is 3.85. The molecule has 0 aliphatic carbocycles. The smallest absolute Gasteiger partial charge is 0.165 e. The number of hydrogen-bond acceptors (Lipinski definition) is 2. The van der Waals surface area contributed by atoms with Crippen LogP contribution in [0.15, 0.2) is 40.9 Å². The second-order valence-corrected chi connectivity index (χ2v) is 5.59. The van der Waals surface area contributed by atoms with Crippen LogP contribution < -0.4 is 10.1 Å². The van der Waals surface area contributed by atoms with E-state index in [1.165, 1.54) is 19.2 Å². The number of rotatable bonds is 5. The van der Waals surface area contributed by atoms with Crippen molar-refractivity contribution in [3.63, 3.8) is 0 Å². The summed E-state index contributed by atoms with van der Waals surface area (Å²) in [5.74, 6) is -0.500. The fourth-order valence-corrected chi connectivity index (χ4v) is 2.61. The second-order valence-electron chi connectivity index (χ2n) is 4.68. The van der Waals surface area contributed by atoms with Crippen LogP contribution >= 0.6 is 15.9 Å². The van der Waals surface area contributed by atoms with Gasteiger partial charge in [-0.2, -0.15) is 0 Å². The number of likely N-dealkylation sites (N-methyl/N-ethyl adjacent to an activating group) is 1. The van der Waals surface area contributed by atoms with Crippen LogP contribution in [0.1, 0.15) is 17.2 Å². The van der Waals surface area contributed by atoms with Crippen molar-refractivity contribution in [1.29, 1.82) is 0 Å². The zero-order valence-corrected chi connectivity index (χ0v) is 13.4. The standard InChI is InChI=1S/C16H16BrF2NO/c1-20-15(9-11-7-12(17)4-5-13(11)18)10-3-6-16(21-2)14(19)8-10/h3-8,15,20H,9H2,1-2H3. The molecule has 0 saturated heterocycles. The summed E-state index contributed by atoms with van der Waals surface area (Å²) in [7, 11) is 3.19. The Morgan fingerprint density at radius 2 is 1.90 bits per heavy atom. The van der Waals surface area contributed by atoms with E-state index in [1.807, 2.05) is 0 Å². The van der Waals surface area contributed by atoms with Crippen molar-refractivity contribution < 1.29 is 13.5 Å². The quantitative estimate of drug-likeness (QED) is 0.865. The van der Waals surface area contributed by atoms with Gasteiger partial charge in [0.1, 0.15) is 5.82 Å². The molecule has 0 heterocycles. The van der Waals surface area contributed by atoms with Crippen LogP contribution in [0.25, 0.3) is 0 Å². The Morgan fingerprint density at radius 3 is 2.52 bits per heavy atom. The van der Waals surface area contributed by atoms with Crippen LogP contribution in [0.3, 0.4) is 0 Å². The van der Waals surface area contributed by atoms with Crippen molar-refractivity contribution in [1.82, 2.24) is 5.32 Å². The number of halogens is 3. The first-order valence-corrected chi connectivity index (χ1v) is 7.29. The van der Waals surface area contributed by atoms with Gasteiger partial charge in [0.2, 0.25) is 0 Å². The van der Waals surface area contributed by atoms with Gasteiger partial charge in [-0.3, -0.25) is 0 Å². The SMILES string of the molecule is CNC(Cc1cc(Br)ccc1F)c1ccc(OC)c(F)c1. The molecule has 0 radical (unpaired) electrons. The van der Waals surface area contributed by atoms with Crippen molar-refractivity contribution in [2.45, 2.75) is 12.5 Å². The first-order valence-electron chi connectivity index (χ1n) is 6.49. The van der Waals surface area contributed by atoms with Gasteiger partial charge in [0, 0.05) is 10.5 Å². The summed E-state index contributed by atoms with van der Waals surface area (Å²) in [6.45, 7) is 0. The van der Waals surface area contributed by atoms with Gasteiger partial charge in [-0.15, -0.1) is 0 Å². The molecule has 0 saturated carbocycles. The maximum atomic E-state index is 13.8. The van der Waals surface area contributed by atoms with Crippen molar-refractivity contribution in [3.05, 3.63) is 63.6 Å². The van der Waals surface area contributed by atoms with E-state index in [9.17, 15) is 8.78 Å². The number of methoxy groups -OCH3 is 1. The van der Waals surface area contributed by atoms with E-state index in [0.717, 1.165) is 10.0 Å². The van der Waals surface area contributed by atoms with Crippen LogP contribution in [0.4, 0.5) is 8.78 Å². The first kappa shape index (κ1) is 15.9. The largest absolute Gasteiger partial charge is 0.494 e. The molecular formula is C16H16BrF2NO. The molecule has 0 fully saturated rings. The van der Waals surface area contributed by atoms with Gasteiger partial charge in [0.05, 0.1) is 7.11 Å².